The lowest BCUT2D eigenvalue weighted by Crippen LogP contribution is -2.25. The standard InChI is InChI=1S/C12H11ClN2O2S/c13-10-2-1-9(18-10)11-14-6-8-5-7(12(16)17)3-4-15(8)11/h1-2,6-7H,3-5H2,(H,16,17). The predicted molar refractivity (Wildman–Crippen MR) is 70.0 cm³/mol. The van der Waals surface area contributed by atoms with Crippen molar-refractivity contribution in [3.8, 4) is 10.7 Å². The molecule has 3 rings (SSSR count). The van der Waals surface area contributed by atoms with Gasteiger partial charge in [-0.05, 0) is 18.6 Å². The fraction of sp³-hybridized carbons (Fsp3) is 0.333. The number of carboxylic acids is 1. The van der Waals surface area contributed by atoms with Crippen LogP contribution in [0.25, 0.3) is 10.7 Å². The third-order valence-corrected chi connectivity index (χ3v) is 4.46. The highest BCUT2D eigenvalue weighted by Crippen LogP contribution is 2.33. The number of rotatable bonds is 2. The van der Waals surface area contributed by atoms with Crippen LogP contribution >= 0.6 is 22.9 Å². The molecule has 0 fully saturated rings. The van der Waals surface area contributed by atoms with Crippen LogP contribution in [0.5, 0.6) is 0 Å². The molecule has 2 aromatic rings. The molecule has 18 heavy (non-hydrogen) atoms. The minimum atomic E-state index is -0.719. The highest BCUT2D eigenvalue weighted by atomic mass is 35.5. The molecule has 0 bridgehead atoms. The van der Waals surface area contributed by atoms with E-state index >= 15 is 0 Å². The van der Waals surface area contributed by atoms with Crippen LogP contribution < -0.4 is 0 Å². The minimum Gasteiger partial charge on any atom is -0.481 e. The Bertz CT molecular complexity index is 605. The average Bonchev–Trinajstić information content (AvgIpc) is 2.93. The number of thiophene rings is 1. The van der Waals surface area contributed by atoms with Gasteiger partial charge in [-0.15, -0.1) is 11.3 Å². The van der Waals surface area contributed by atoms with Gasteiger partial charge in [0.05, 0.1) is 15.1 Å². The van der Waals surface area contributed by atoms with Crippen molar-refractivity contribution in [2.45, 2.75) is 19.4 Å². The highest BCUT2D eigenvalue weighted by molar-refractivity contribution is 7.19. The average molecular weight is 283 g/mol. The van der Waals surface area contributed by atoms with Crippen LogP contribution in [0.15, 0.2) is 18.3 Å². The van der Waals surface area contributed by atoms with Crippen LogP contribution in [0.1, 0.15) is 12.1 Å². The molecule has 3 heterocycles. The largest absolute Gasteiger partial charge is 0.481 e. The maximum Gasteiger partial charge on any atom is 0.306 e. The third kappa shape index (κ3) is 1.93. The molecule has 2 aromatic heterocycles. The van der Waals surface area contributed by atoms with E-state index in [2.05, 4.69) is 9.55 Å². The second kappa shape index (κ2) is 4.40. The molecule has 1 unspecified atom stereocenters. The van der Waals surface area contributed by atoms with Gasteiger partial charge < -0.3 is 9.67 Å². The van der Waals surface area contributed by atoms with E-state index < -0.39 is 5.97 Å². The van der Waals surface area contributed by atoms with Crippen molar-refractivity contribution in [2.24, 2.45) is 5.92 Å². The maximum absolute atomic E-state index is 11.0. The Kier molecular flexibility index (Phi) is 2.87. The number of nitrogens with zero attached hydrogens (tertiary/aromatic N) is 2. The quantitative estimate of drug-likeness (QED) is 0.921. The predicted octanol–water partition coefficient (Wildman–Crippen LogP) is 2.91. The molecule has 0 radical (unpaired) electrons. The molecule has 1 aliphatic rings. The van der Waals surface area contributed by atoms with Gasteiger partial charge in [-0.3, -0.25) is 4.79 Å². The van der Waals surface area contributed by atoms with Crippen molar-refractivity contribution in [3.05, 3.63) is 28.4 Å². The van der Waals surface area contributed by atoms with Crippen LogP contribution in [0.4, 0.5) is 0 Å². The van der Waals surface area contributed by atoms with E-state index in [0.29, 0.717) is 19.4 Å². The highest BCUT2D eigenvalue weighted by Gasteiger charge is 2.26. The summed E-state index contributed by atoms with van der Waals surface area (Å²) in [5, 5.41) is 9.05. The van der Waals surface area contributed by atoms with Crippen molar-refractivity contribution in [1.82, 2.24) is 9.55 Å². The topological polar surface area (TPSA) is 55.1 Å². The molecule has 0 amide bonds. The van der Waals surface area contributed by atoms with Gasteiger partial charge in [-0.1, -0.05) is 11.6 Å². The summed E-state index contributed by atoms with van der Waals surface area (Å²) in [4.78, 5) is 16.4. The Hall–Kier alpha value is -1.33. The summed E-state index contributed by atoms with van der Waals surface area (Å²) in [7, 11) is 0. The summed E-state index contributed by atoms with van der Waals surface area (Å²) in [6.07, 6.45) is 2.99. The van der Waals surface area contributed by atoms with Gasteiger partial charge in [0.15, 0.2) is 0 Å². The van der Waals surface area contributed by atoms with Crippen molar-refractivity contribution in [3.63, 3.8) is 0 Å². The van der Waals surface area contributed by atoms with Crippen LogP contribution in [0, 0.1) is 5.92 Å². The molecule has 0 aliphatic carbocycles. The number of hydrogen-bond acceptors (Lipinski definition) is 3. The molecule has 1 atom stereocenters. The van der Waals surface area contributed by atoms with E-state index in [1.54, 1.807) is 6.20 Å². The van der Waals surface area contributed by atoms with Gasteiger partial charge in [0.25, 0.3) is 0 Å². The zero-order valence-electron chi connectivity index (χ0n) is 9.47. The smallest absolute Gasteiger partial charge is 0.306 e. The normalized spacial score (nSPS) is 18.6. The van der Waals surface area contributed by atoms with Crippen LogP contribution in [0.2, 0.25) is 4.34 Å². The Morgan fingerprint density at radius 3 is 3.06 bits per heavy atom. The number of carbonyl (C=O) groups is 1. The van der Waals surface area contributed by atoms with Gasteiger partial charge >= 0.3 is 5.97 Å². The van der Waals surface area contributed by atoms with E-state index in [4.69, 9.17) is 16.7 Å². The van der Waals surface area contributed by atoms with E-state index in [-0.39, 0.29) is 5.92 Å². The Morgan fingerprint density at radius 2 is 2.39 bits per heavy atom. The molecular weight excluding hydrogens is 272 g/mol. The fourth-order valence-electron chi connectivity index (χ4n) is 2.30. The van der Waals surface area contributed by atoms with Crippen LogP contribution in [0.3, 0.4) is 0 Å². The SMILES string of the molecule is O=C(O)C1CCn2c(cnc2-c2ccc(Cl)s2)C1. The lowest BCUT2D eigenvalue weighted by Gasteiger charge is -2.21. The number of fused-ring (bicyclic) bond motifs is 1. The maximum atomic E-state index is 11.0. The zero-order chi connectivity index (χ0) is 12.7. The summed E-state index contributed by atoms with van der Waals surface area (Å²) < 4.78 is 2.84. The summed E-state index contributed by atoms with van der Waals surface area (Å²) in [6.45, 7) is 0.706. The van der Waals surface area contributed by atoms with Crippen molar-refractivity contribution >= 4 is 28.9 Å². The third-order valence-electron chi connectivity index (χ3n) is 3.24. The monoisotopic (exact) mass is 282 g/mol. The summed E-state index contributed by atoms with van der Waals surface area (Å²) >= 11 is 7.42. The number of carboxylic acid groups (broad SMARTS) is 1. The van der Waals surface area contributed by atoms with Gasteiger partial charge in [0, 0.05) is 24.9 Å². The van der Waals surface area contributed by atoms with Gasteiger partial charge in [0.2, 0.25) is 0 Å². The first-order valence-electron chi connectivity index (χ1n) is 5.68. The van der Waals surface area contributed by atoms with Crippen LogP contribution in [-0.2, 0) is 17.8 Å². The summed E-state index contributed by atoms with van der Waals surface area (Å²) in [6, 6.07) is 3.80. The number of halogens is 1. The number of aromatic nitrogens is 2. The first-order chi connectivity index (χ1) is 8.65. The van der Waals surface area contributed by atoms with Gasteiger partial charge in [-0.25, -0.2) is 4.98 Å². The molecule has 1 N–H and O–H groups in total. The van der Waals surface area contributed by atoms with E-state index in [0.717, 1.165) is 20.7 Å². The van der Waals surface area contributed by atoms with Crippen molar-refractivity contribution < 1.29 is 9.90 Å². The Labute approximate surface area is 113 Å². The molecule has 0 saturated heterocycles. The number of hydrogen-bond donors (Lipinski definition) is 1. The second-order valence-corrected chi connectivity index (χ2v) is 6.07. The molecular formula is C12H11ClN2O2S. The number of aliphatic carboxylic acids is 1. The summed E-state index contributed by atoms with van der Waals surface area (Å²) in [5.41, 5.74) is 0.994. The molecule has 0 saturated carbocycles. The summed E-state index contributed by atoms with van der Waals surface area (Å²) in [5.74, 6) is -0.108. The van der Waals surface area contributed by atoms with Gasteiger partial charge in [-0.2, -0.15) is 0 Å². The van der Waals surface area contributed by atoms with Gasteiger partial charge in [0.1, 0.15) is 5.82 Å². The zero-order valence-corrected chi connectivity index (χ0v) is 11.0. The van der Waals surface area contributed by atoms with Crippen LogP contribution in [-0.4, -0.2) is 20.6 Å². The molecule has 0 spiro atoms. The fourth-order valence-corrected chi connectivity index (χ4v) is 3.35. The van der Waals surface area contributed by atoms with E-state index in [9.17, 15) is 4.79 Å². The molecule has 1 aliphatic heterocycles. The number of imidazole rings is 1. The molecule has 6 heteroatoms. The Morgan fingerprint density at radius 1 is 1.56 bits per heavy atom. The Balaban J connectivity index is 1.95. The first-order valence-corrected chi connectivity index (χ1v) is 6.87. The molecule has 4 nitrogen and oxygen atoms in total. The van der Waals surface area contributed by atoms with Crippen molar-refractivity contribution in [1.29, 1.82) is 0 Å². The first kappa shape index (κ1) is 11.7. The minimum absolute atomic E-state index is 0.283. The molecule has 0 aromatic carbocycles. The van der Waals surface area contributed by atoms with E-state index in [1.807, 2.05) is 12.1 Å². The van der Waals surface area contributed by atoms with E-state index in [1.165, 1.54) is 11.3 Å². The second-order valence-electron chi connectivity index (χ2n) is 4.36. The molecule has 94 valence electrons. The lowest BCUT2D eigenvalue weighted by atomic mass is 9.96. The van der Waals surface area contributed by atoms with Crippen molar-refractivity contribution in [2.75, 3.05) is 0 Å². The lowest BCUT2D eigenvalue weighted by molar-refractivity contribution is -0.142.